The zero-order valence-electron chi connectivity index (χ0n) is 26.1. The molecule has 5 N–H and O–H groups in total. The number of carbonyl (C=O) groups is 2. The number of nitrogen functional groups attached to an aromatic ring is 1. The molecule has 1 heterocycles. The molecular weight excluding hydrogens is 575 g/mol. The Morgan fingerprint density at radius 1 is 1.22 bits per heavy atom. The first-order chi connectivity index (χ1) is 21.2. The summed E-state index contributed by atoms with van der Waals surface area (Å²) in [6, 6.07) is 10.5. The van der Waals surface area contributed by atoms with Gasteiger partial charge in [-0.25, -0.2) is 4.39 Å². The quantitative estimate of drug-likeness (QED) is 0.400. The van der Waals surface area contributed by atoms with Crippen molar-refractivity contribution in [2.45, 2.75) is 89.6 Å². The molecule has 0 aromatic heterocycles. The minimum absolute atomic E-state index is 0.0402. The predicted octanol–water partition coefficient (Wildman–Crippen LogP) is 5.01. The summed E-state index contributed by atoms with van der Waals surface area (Å²) in [7, 11) is 0. The van der Waals surface area contributed by atoms with Gasteiger partial charge < -0.3 is 30.8 Å². The van der Waals surface area contributed by atoms with Crippen molar-refractivity contribution < 1.29 is 33.3 Å². The molecule has 9 heteroatoms. The minimum Gasteiger partial charge on any atom is -0.486 e. The summed E-state index contributed by atoms with van der Waals surface area (Å²) in [5, 5.41) is 11.9. The summed E-state index contributed by atoms with van der Waals surface area (Å²) in [4.78, 5) is 26.0. The molecule has 8 nitrogen and oxygen atoms in total. The lowest BCUT2D eigenvalue weighted by atomic mass is 9.43. The minimum atomic E-state index is -1.44. The second kappa shape index (κ2) is 10.1. The predicted molar refractivity (Wildman–Crippen MR) is 165 cm³/mol. The van der Waals surface area contributed by atoms with Crippen LogP contribution in [0.2, 0.25) is 0 Å². The van der Waals surface area contributed by atoms with Gasteiger partial charge in [0.2, 0.25) is 0 Å². The van der Waals surface area contributed by atoms with Crippen LogP contribution in [0.5, 0.6) is 5.75 Å². The zero-order chi connectivity index (χ0) is 32.1. The van der Waals surface area contributed by atoms with Crippen molar-refractivity contribution in [1.82, 2.24) is 0 Å². The molecule has 7 rings (SSSR count). The van der Waals surface area contributed by atoms with Crippen LogP contribution in [0, 0.1) is 35.4 Å². The number of aryl methyl sites for hydroxylation is 1. The third-order valence-corrected chi connectivity index (χ3v) is 11.9. The van der Waals surface area contributed by atoms with Gasteiger partial charge in [-0.1, -0.05) is 43.7 Å². The van der Waals surface area contributed by atoms with Gasteiger partial charge in [0.1, 0.15) is 6.61 Å². The van der Waals surface area contributed by atoms with E-state index >= 15 is 4.39 Å². The van der Waals surface area contributed by atoms with Crippen LogP contribution in [0.25, 0.3) is 0 Å². The maximum atomic E-state index is 16.2. The molecule has 238 valence electrons. The average molecular weight is 617 g/mol. The highest BCUT2D eigenvalue weighted by Crippen LogP contribution is 2.71. The van der Waals surface area contributed by atoms with E-state index in [0.29, 0.717) is 30.5 Å². The smallest absolute Gasteiger partial charge is 0.188 e. The fourth-order valence-electron chi connectivity index (χ4n) is 9.98. The van der Waals surface area contributed by atoms with E-state index in [0.717, 1.165) is 11.1 Å². The van der Waals surface area contributed by atoms with E-state index in [1.54, 1.807) is 43.3 Å². The Balaban J connectivity index is 1.22. The Kier molecular flexibility index (Phi) is 6.77. The number of aliphatic hydroxyl groups is 1. The van der Waals surface area contributed by atoms with E-state index in [4.69, 9.17) is 25.7 Å². The van der Waals surface area contributed by atoms with Crippen molar-refractivity contribution in [3.63, 3.8) is 0 Å². The molecule has 4 aliphatic carbocycles. The highest BCUT2D eigenvalue weighted by molar-refractivity contribution is 6.01. The lowest BCUT2D eigenvalue weighted by Crippen LogP contribution is -2.72. The van der Waals surface area contributed by atoms with E-state index in [2.05, 4.69) is 0 Å². The normalized spacial score (nSPS) is 39.8. The summed E-state index contributed by atoms with van der Waals surface area (Å²) in [6.45, 7) is 7.40. The summed E-state index contributed by atoms with van der Waals surface area (Å²) in [5.41, 5.74) is 12.7. The summed E-state index contributed by atoms with van der Waals surface area (Å²) < 4.78 is 35.3. The number of Topliss-reactive ketones (excluding diaryl/α,β-unsaturated/α-hetero) is 1. The van der Waals surface area contributed by atoms with Crippen LogP contribution in [0.1, 0.15) is 69.4 Å². The fourth-order valence-corrected chi connectivity index (χ4v) is 9.98. The molecule has 0 radical (unpaired) electrons. The molecule has 5 aliphatic rings. The van der Waals surface area contributed by atoms with E-state index in [1.165, 1.54) is 6.92 Å². The van der Waals surface area contributed by atoms with Crippen LogP contribution < -0.4 is 16.2 Å². The molecule has 4 fully saturated rings. The molecule has 2 aromatic carbocycles. The van der Waals surface area contributed by atoms with Crippen LogP contribution in [-0.4, -0.2) is 40.0 Å². The topological polar surface area (TPSA) is 134 Å². The number of hydrogen-bond donors (Lipinski definition) is 3. The van der Waals surface area contributed by atoms with E-state index in [9.17, 15) is 14.7 Å². The SMILES string of the molecule is CC(=O)[C@@]12O[C@H](c3c(C)ccc(OCc4cccc(N)c4)c3F)O[C@@H]1CC1C3(N)CCC4=CC(=O)C=CC4(C)C3C(O)CC12C. The number of halogens is 1. The van der Waals surface area contributed by atoms with Gasteiger partial charge in [0.15, 0.2) is 35.0 Å². The number of nitrogens with two attached hydrogens (primary N) is 2. The molecule has 1 saturated heterocycles. The van der Waals surface area contributed by atoms with Crippen molar-refractivity contribution in [2.24, 2.45) is 28.4 Å². The molecule has 0 amide bonds. The summed E-state index contributed by atoms with van der Waals surface area (Å²) >= 11 is 0. The van der Waals surface area contributed by atoms with Crippen molar-refractivity contribution in [2.75, 3.05) is 5.73 Å². The number of fused-ring (bicyclic) bond motifs is 7. The van der Waals surface area contributed by atoms with Crippen molar-refractivity contribution in [3.8, 4) is 5.75 Å². The largest absolute Gasteiger partial charge is 0.486 e. The second-order valence-corrected chi connectivity index (χ2v) is 14.3. The van der Waals surface area contributed by atoms with Crippen LogP contribution in [0.3, 0.4) is 0 Å². The molecule has 6 unspecified atom stereocenters. The van der Waals surface area contributed by atoms with E-state index in [1.807, 2.05) is 32.1 Å². The molecule has 2 aromatic rings. The number of hydrogen-bond acceptors (Lipinski definition) is 8. The van der Waals surface area contributed by atoms with Gasteiger partial charge in [0.05, 0.1) is 17.8 Å². The van der Waals surface area contributed by atoms with Gasteiger partial charge >= 0.3 is 0 Å². The fraction of sp³-hybridized carbons (Fsp3) is 0.500. The number of anilines is 1. The lowest BCUT2D eigenvalue weighted by molar-refractivity contribution is -0.203. The van der Waals surface area contributed by atoms with Gasteiger partial charge in [-0.05, 0) is 86.9 Å². The van der Waals surface area contributed by atoms with Gasteiger partial charge in [-0.2, -0.15) is 0 Å². The van der Waals surface area contributed by atoms with Gasteiger partial charge in [-0.3, -0.25) is 9.59 Å². The first kappa shape index (κ1) is 30.3. The Bertz CT molecular complexity index is 1670. The molecule has 3 saturated carbocycles. The standard InChI is InChI=1S/C36H41FN2O6/c1-19-8-9-26(43-18-21-6-5-7-23(38)14-21)30(37)29(19)32-44-28-16-27-34(4,36(28,45-32)20(2)40)17-25(42)31-33(3)12-11-24(41)15-22(33)10-13-35(27,31)39/h5-9,11-12,14-15,25,27-28,31-32,42H,10,13,16-18,38-39H2,1-4H3/t25?,27?,28-,31?,32-,33?,34?,35?,36-/m1/s1. The first-order valence-electron chi connectivity index (χ1n) is 15.8. The van der Waals surface area contributed by atoms with Gasteiger partial charge in [0.25, 0.3) is 0 Å². The number of ketones is 2. The highest BCUT2D eigenvalue weighted by Gasteiger charge is 2.78. The monoisotopic (exact) mass is 616 g/mol. The number of carbonyl (C=O) groups excluding carboxylic acids is 2. The molecule has 9 atom stereocenters. The second-order valence-electron chi connectivity index (χ2n) is 14.3. The van der Waals surface area contributed by atoms with Gasteiger partial charge in [-0.15, -0.1) is 0 Å². The Morgan fingerprint density at radius 3 is 2.73 bits per heavy atom. The average Bonchev–Trinajstić information content (AvgIpc) is 3.47. The van der Waals surface area contributed by atoms with Crippen molar-refractivity contribution in [3.05, 3.63) is 82.7 Å². The van der Waals surface area contributed by atoms with Crippen molar-refractivity contribution >= 4 is 17.3 Å². The van der Waals surface area contributed by atoms with Crippen molar-refractivity contribution in [1.29, 1.82) is 0 Å². The number of ether oxygens (including phenoxy) is 3. The molecule has 1 aliphatic heterocycles. The molecule has 0 spiro atoms. The Hall–Kier alpha value is -3.37. The highest BCUT2D eigenvalue weighted by atomic mass is 19.1. The maximum absolute atomic E-state index is 16.2. The molecule has 45 heavy (non-hydrogen) atoms. The van der Waals surface area contributed by atoms with E-state index < -0.39 is 46.3 Å². The first-order valence-corrected chi connectivity index (χ1v) is 15.8. The number of rotatable bonds is 5. The van der Waals surface area contributed by atoms with Gasteiger partial charge in [0, 0.05) is 28.0 Å². The van der Waals surface area contributed by atoms with Crippen LogP contribution >= 0.6 is 0 Å². The molecule has 0 bridgehead atoms. The Labute approximate surface area is 262 Å². The Morgan fingerprint density at radius 2 is 2.00 bits per heavy atom. The third-order valence-electron chi connectivity index (χ3n) is 11.9. The van der Waals surface area contributed by atoms with Crippen LogP contribution in [-0.2, 0) is 25.7 Å². The third kappa shape index (κ3) is 4.10. The summed E-state index contributed by atoms with van der Waals surface area (Å²) in [5.74, 6) is -1.44. The molecular formula is C36H41FN2O6. The lowest BCUT2D eigenvalue weighted by Gasteiger charge is -2.64. The number of benzene rings is 2. The van der Waals surface area contributed by atoms with Crippen LogP contribution in [0.4, 0.5) is 10.1 Å². The summed E-state index contributed by atoms with van der Waals surface area (Å²) in [6.07, 6.45) is 4.29. The maximum Gasteiger partial charge on any atom is 0.188 e. The zero-order valence-corrected chi connectivity index (χ0v) is 26.1. The number of aliphatic hydroxyl groups excluding tert-OH is 1. The number of allylic oxidation sites excluding steroid dienone is 4. The van der Waals surface area contributed by atoms with E-state index in [-0.39, 0.29) is 47.7 Å². The van der Waals surface area contributed by atoms with Crippen LogP contribution in [0.15, 0.2) is 60.2 Å².